The number of hydrogen-bond acceptors (Lipinski definition) is 11. The molecule has 2 aliphatic rings. The van der Waals surface area contributed by atoms with Crippen LogP contribution in [-0.4, -0.2) is 104 Å². The van der Waals surface area contributed by atoms with Gasteiger partial charge in [0.25, 0.3) is 0 Å². The molecule has 6 rings (SSSR count). The molecule has 1 saturated heterocycles. The van der Waals surface area contributed by atoms with Gasteiger partial charge in [-0.3, -0.25) is 4.90 Å². The number of carbonyl (C=O) groups is 2. The Kier molecular flexibility index (Phi) is 14.7. The Hall–Kier alpha value is -4.38. The molecule has 0 radical (unpaired) electrons. The summed E-state index contributed by atoms with van der Waals surface area (Å²) in [4.78, 5) is 41.5. The molecule has 0 spiro atoms. The molecule has 1 aromatic heterocycles. The topological polar surface area (TPSA) is 87.1 Å². The lowest BCUT2D eigenvalue weighted by atomic mass is 10.1. The van der Waals surface area contributed by atoms with Crippen LogP contribution in [0.4, 0.5) is 34.1 Å². The van der Waals surface area contributed by atoms with E-state index in [1.807, 2.05) is 54.6 Å². The van der Waals surface area contributed by atoms with Gasteiger partial charge < -0.3 is 28.9 Å². The quantitative estimate of drug-likeness (QED) is 0.0966. The highest BCUT2D eigenvalue weighted by Gasteiger charge is 2.31. The van der Waals surface area contributed by atoms with Gasteiger partial charge in [0.15, 0.2) is 0 Å². The summed E-state index contributed by atoms with van der Waals surface area (Å²) in [5.41, 5.74) is 2.58. The van der Waals surface area contributed by atoms with E-state index in [1.54, 1.807) is 23.3 Å². The molecule has 1 fully saturated rings. The Morgan fingerprint density at radius 3 is 2.28 bits per heavy atom. The number of nitrogens with zero attached hydrogens (tertiary/aromatic N) is 5. The molecule has 0 N–H and O–H groups in total. The second-order valence-electron chi connectivity index (χ2n) is 13.6. The maximum absolute atomic E-state index is 13.6. The van der Waals surface area contributed by atoms with Gasteiger partial charge in [0.05, 0.1) is 23.5 Å². The summed E-state index contributed by atoms with van der Waals surface area (Å²) in [5.74, 6) is 2.34. The van der Waals surface area contributed by atoms with E-state index in [4.69, 9.17) is 19.2 Å². The van der Waals surface area contributed by atoms with Crippen LogP contribution in [0.1, 0.15) is 39.0 Å². The van der Waals surface area contributed by atoms with Gasteiger partial charge in [-0.2, -0.15) is 13.2 Å². The molecule has 2 aliphatic heterocycles. The number of anilines is 1. The molecule has 3 aromatic carbocycles. The van der Waals surface area contributed by atoms with Crippen molar-refractivity contribution < 1.29 is 37.0 Å². The number of hydrogen-bond donors (Lipinski definition) is 0. The fraction of sp³-hybridized carbons (Fsp3) is 0.390. The Labute approximate surface area is 343 Å². The summed E-state index contributed by atoms with van der Waals surface area (Å²) in [5, 5.41) is 0. The van der Waals surface area contributed by atoms with Crippen LogP contribution in [0.15, 0.2) is 89.9 Å². The number of alkyl halides is 3. The zero-order valence-electron chi connectivity index (χ0n) is 32.1. The third-order valence-electron chi connectivity index (χ3n) is 9.43. The first-order valence-corrected chi connectivity index (χ1v) is 21.9. The number of amidine groups is 1. The predicted octanol–water partition coefficient (Wildman–Crippen LogP) is 9.52. The van der Waals surface area contributed by atoms with Crippen LogP contribution in [0.2, 0.25) is 0 Å². The van der Waals surface area contributed by atoms with Gasteiger partial charge in [0.2, 0.25) is 0 Å². The van der Waals surface area contributed by atoms with E-state index in [0.717, 1.165) is 70.7 Å². The van der Waals surface area contributed by atoms with E-state index in [2.05, 4.69) is 29.8 Å². The molecule has 0 aliphatic carbocycles. The fourth-order valence-electron chi connectivity index (χ4n) is 6.36. The van der Waals surface area contributed by atoms with E-state index in [0.29, 0.717) is 42.5 Å². The fourth-order valence-corrected chi connectivity index (χ4v) is 9.04. The number of ether oxygens (including phenoxy) is 3. The molecule has 1 atom stereocenters. The van der Waals surface area contributed by atoms with Gasteiger partial charge in [-0.05, 0) is 62.0 Å². The molecule has 3 heterocycles. The summed E-state index contributed by atoms with van der Waals surface area (Å²) in [7, 11) is 6.80. The highest BCUT2D eigenvalue weighted by Crippen LogP contribution is 2.37. The zero-order valence-corrected chi connectivity index (χ0v) is 34.5. The number of fused-ring (bicyclic) bond motifs is 2. The summed E-state index contributed by atoms with van der Waals surface area (Å²) < 4.78 is 56.4. The van der Waals surface area contributed by atoms with Crippen molar-refractivity contribution in [1.29, 1.82) is 0 Å². The summed E-state index contributed by atoms with van der Waals surface area (Å²) in [6.07, 6.45) is -5.46. The standard InChI is InChI=1S/C41H46F3N5O5S3/c1-29-27-33-37(57-29)28-49(35-12-8-7-11-34(35)45-38(33)48-21-19-46(2)20-22-48)40(51)53-24-26-56-55-25-23-52-39(50)47(3)18-17-36(30-9-5-4-6-10-30)54-32-15-13-31(14-16-32)41(42,43)44/h4-16,27,36H,17-26,28H2,1-3H3/b45-38+. The van der Waals surface area contributed by atoms with Crippen LogP contribution in [-0.2, 0) is 22.2 Å². The molecule has 4 aromatic rings. The smallest absolute Gasteiger partial charge is 0.416 e. The second kappa shape index (κ2) is 19.9. The summed E-state index contributed by atoms with van der Waals surface area (Å²) in [6.45, 7) is 6.86. The number of aryl methyl sites for hydroxylation is 1. The normalized spacial score (nSPS) is 16.0. The van der Waals surface area contributed by atoms with Crippen LogP contribution in [0.5, 0.6) is 5.75 Å². The molecule has 0 saturated carbocycles. The average molecular weight is 842 g/mol. The highest BCUT2D eigenvalue weighted by atomic mass is 33.1. The van der Waals surface area contributed by atoms with Crippen LogP contribution in [0.25, 0.3) is 0 Å². The highest BCUT2D eigenvalue weighted by molar-refractivity contribution is 8.76. The van der Waals surface area contributed by atoms with E-state index in [-0.39, 0.29) is 13.2 Å². The lowest BCUT2D eigenvalue weighted by molar-refractivity contribution is -0.137. The number of halogens is 3. The van der Waals surface area contributed by atoms with Crippen LogP contribution < -0.4 is 9.64 Å². The van der Waals surface area contributed by atoms with Crippen LogP contribution >= 0.6 is 32.9 Å². The van der Waals surface area contributed by atoms with Gasteiger partial charge in [0, 0.05) is 73.0 Å². The maximum Gasteiger partial charge on any atom is 0.416 e. The SMILES string of the molecule is Cc1cc2c(s1)CN(C(=O)OCCSSCCOC(=O)N(C)CCC(Oc1ccc(C(F)(F)F)cc1)c1ccccc1)c1ccccc1/N=C\2N1CCN(C)CC1. The van der Waals surface area contributed by atoms with Crippen molar-refractivity contribution in [2.24, 2.45) is 4.99 Å². The third kappa shape index (κ3) is 11.6. The monoisotopic (exact) mass is 841 g/mol. The van der Waals surface area contributed by atoms with Crippen molar-refractivity contribution in [2.75, 3.05) is 76.4 Å². The Bertz CT molecular complexity index is 1970. The second-order valence-corrected chi connectivity index (χ2v) is 17.7. The summed E-state index contributed by atoms with van der Waals surface area (Å²) >= 11 is 1.68. The Morgan fingerprint density at radius 2 is 1.58 bits per heavy atom. The lowest BCUT2D eigenvalue weighted by Crippen LogP contribution is -2.47. The van der Waals surface area contributed by atoms with Gasteiger partial charge in [0.1, 0.15) is 30.9 Å². The number of likely N-dealkylation sites (N-methyl/N-ethyl adjacent to an activating group) is 1. The molecule has 16 heteroatoms. The van der Waals surface area contributed by atoms with Crippen molar-refractivity contribution in [3.05, 3.63) is 111 Å². The first-order valence-electron chi connectivity index (χ1n) is 18.6. The first kappa shape index (κ1) is 42.2. The van der Waals surface area contributed by atoms with E-state index < -0.39 is 30.0 Å². The minimum absolute atomic E-state index is 0.189. The van der Waals surface area contributed by atoms with Gasteiger partial charge >= 0.3 is 18.4 Å². The van der Waals surface area contributed by atoms with E-state index >= 15 is 0 Å². The number of carbonyl (C=O) groups excluding carboxylic acids is 2. The molecule has 0 bridgehead atoms. The van der Waals surface area contributed by atoms with Crippen molar-refractivity contribution in [3.8, 4) is 5.75 Å². The average Bonchev–Trinajstić information content (AvgIpc) is 3.57. The van der Waals surface area contributed by atoms with Gasteiger partial charge in [-0.1, -0.05) is 64.1 Å². The van der Waals surface area contributed by atoms with E-state index in [1.165, 1.54) is 38.6 Å². The summed E-state index contributed by atoms with van der Waals surface area (Å²) in [6, 6.07) is 23.8. The number of piperazine rings is 1. The lowest BCUT2D eigenvalue weighted by Gasteiger charge is -2.36. The number of benzene rings is 3. The third-order valence-corrected chi connectivity index (χ3v) is 12.8. The first-order chi connectivity index (χ1) is 27.5. The molecular formula is C41H46F3N5O5S3. The van der Waals surface area contributed by atoms with Crippen molar-refractivity contribution in [3.63, 3.8) is 0 Å². The molecule has 1 unspecified atom stereocenters. The van der Waals surface area contributed by atoms with Gasteiger partial charge in [-0.15, -0.1) is 11.3 Å². The number of rotatable bonds is 13. The predicted molar refractivity (Wildman–Crippen MR) is 223 cm³/mol. The van der Waals surface area contributed by atoms with Crippen LogP contribution in [0, 0.1) is 6.92 Å². The largest absolute Gasteiger partial charge is 0.486 e. The Balaban J connectivity index is 0.932. The van der Waals surface area contributed by atoms with E-state index in [9.17, 15) is 22.8 Å². The van der Waals surface area contributed by atoms with Crippen molar-refractivity contribution >= 4 is 62.3 Å². The number of amides is 2. The molecular weight excluding hydrogens is 796 g/mol. The van der Waals surface area contributed by atoms with Crippen molar-refractivity contribution in [2.45, 2.75) is 32.2 Å². The molecule has 2 amide bonds. The zero-order chi connectivity index (χ0) is 40.4. The minimum Gasteiger partial charge on any atom is -0.486 e. The molecule has 10 nitrogen and oxygen atoms in total. The Morgan fingerprint density at radius 1 is 0.912 bits per heavy atom. The molecule has 304 valence electrons. The number of thiophene rings is 1. The van der Waals surface area contributed by atoms with Crippen molar-refractivity contribution in [1.82, 2.24) is 14.7 Å². The number of aliphatic imine (C=N–C) groups is 1. The maximum atomic E-state index is 13.6. The number of para-hydroxylation sites is 2. The minimum atomic E-state index is -4.44. The van der Waals surface area contributed by atoms with Gasteiger partial charge in [-0.25, -0.2) is 14.6 Å². The van der Waals surface area contributed by atoms with Crippen LogP contribution in [0.3, 0.4) is 0 Å². The molecule has 57 heavy (non-hydrogen) atoms.